The Labute approximate surface area is 119 Å². The van der Waals surface area contributed by atoms with Crippen LogP contribution in [-0.2, 0) is 4.74 Å². The molecular weight excluding hydrogens is 256 g/mol. The van der Waals surface area contributed by atoms with Crippen LogP contribution >= 0.6 is 0 Å². The van der Waals surface area contributed by atoms with Crippen LogP contribution in [0.15, 0.2) is 24.3 Å². The number of carbonyl (C=O) groups is 1. The zero-order valence-electron chi connectivity index (χ0n) is 12.3. The number of ether oxygens (including phenoxy) is 1. The van der Waals surface area contributed by atoms with Crippen LogP contribution in [0, 0.1) is 0 Å². The first-order valence-electron chi connectivity index (χ1n) is 6.61. The largest absolute Gasteiger partial charge is 0.478 e. The van der Waals surface area contributed by atoms with Crippen molar-refractivity contribution in [3.63, 3.8) is 0 Å². The van der Waals surface area contributed by atoms with Gasteiger partial charge in [0.25, 0.3) is 0 Å². The van der Waals surface area contributed by atoms with E-state index in [0.29, 0.717) is 25.6 Å². The van der Waals surface area contributed by atoms with Crippen LogP contribution in [0.25, 0.3) is 0 Å². The van der Waals surface area contributed by atoms with Crippen molar-refractivity contribution in [2.45, 2.75) is 26.7 Å². The van der Waals surface area contributed by atoms with Crippen LogP contribution in [-0.4, -0.2) is 35.8 Å². The van der Waals surface area contributed by atoms with Crippen LogP contribution in [0.4, 0.5) is 5.82 Å². The number of pyridine rings is 1. The highest BCUT2D eigenvalue weighted by Gasteiger charge is 2.10. The number of nitrogens with one attached hydrogen (secondary N) is 1. The van der Waals surface area contributed by atoms with Gasteiger partial charge in [0, 0.05) is 12.2 Å². The Morgan fingerprint density at radius 2 is 2.20 bits per heavy atom. The molecule has 1 rings (SSSR count). The third kappa shape index (κ3) is 5.40. The Morgan fingerprint density at radius 3 is 2.75 bits per heavy atom. The normalized spacial score (nSPS) is 10.6. The van der Waals surface area contributed by atoms with E-state index < -0.39 is 5.97 Å². The Balaban J connectivity index is 2.64. The fraction of sp³-hybridized carbons (Fsp3) is 0.467. The summed E-state index contributed by atoms with van der Waals surface area (Å²) in [5.74, 6) is -0.210. The topological polar surface area (TPSA) is 71.5 Å². The Kier molecular flexibility index (Phi) is 6.18. The lowest BCUT2D eigenvalue weighted by Crippen LogP contribution is -2.13. The predicted molar refractivity (Wildman–Crippen MR) is 79.4 cm³/mol. The number of carboxylic acid groups (broad SMARTS) is 1. The van der Waals surface area contributed by atoms with E-state index in [9.17, 15) is 4.79 Å². The van der Waals surface area contributed by atoms with E-state index in [0.717, 1.165) is 11.3 Å². The molecule has 0 aliphatic heterocycles. The maximum absolute atomic E-state index is 11.1. The maximum Gasteiger partial charge on any atom is 0.335 e. The van der Waals surface area contributed by atoms with Gasteiger partial charge >= 0.3 is 5.97 Å². The van der Waals surface area contributed by atoms with Crippen molar-refractivity contribution in [2.24, 2.45) is 0 Å². The zero-order valence-corrected chi connectivity index (χ0v) is 12.3. The fourth-order valence-electron chi connectivity index (χ4n) is 1.56. The molecule has 0 amide bonds. The third-order valence-corrected chi connectivity index (χ3v) is 2.58. The van der Waals surface area contributed by atoms with E-state index in [1.165, 1.54) is 6.07 Å². The van der Waals surface area contributed by atoms with Gasteiger partial charge in [0.05, 0.1) is 18.8 Å². The minimum absolute atomic E-state index is 0.175. The highest BCUT2D eigenvalue weighted by molar-refractivity contribution is 5.88. The van der Waals surface area contributed by atoms with E-state index in [1.807, 2.05) is 20.8 Å². The number of nitrogens with zero attached hydrogens (tertiary/aromatic N) is 1. The molecule has 0 unspecified atom stereocenters. The van der Waals surface area contributed by atoms with Gasteiger partial charge in [-0.3, -0.25) is 0 Å². The van der Waals surface area contributed by atoms with E-state index in [4.69, 9.17) is 9.84 Å². The molecule has 1 aromatic rings. The molecular formula is C15H22N2O3. The first kappa shape index (κ1) is 16.2. The fourth-order valence-corrected chi connectivity index (χ4v) is 1.56. The van der Waals surface area contributed by atoms with Gasteiger partial charge in [-0.25, -0.2) is 9.78 Å². The number of aromatic nitrogens is 1. The highest BCUT2D eigenvalue weighted by Crippen LogP contribution is 2.17. The molecule has 0 atom stereocenters. The second-order valence-electron chi connectivity index (χ2n) is 5.06. The average Bonchev–Trinajstić information content (AvgIpc) is 2.37. The number of aromatic carboxylic acids is 1. The van der Waals surface area contributed by atoms with Gasteiger partial charge < -0.3 is 15.2 Å². The smallest absolute Gasteiger partial charge is 0.335 e. The van der Waals surface area contributed by atoms with Gasteiger partial charge in [-0.2, -0.15) is 0 Å². The molecule has 5 nitrogen and oxygen atoms in total. The molecule has 0 bridgehead atoms. The SMILES string of the molecule is C=C(C)COCCNc1cc(C(=O)O)cc(C(C)C)n1. The lowest BCUT2D eigenvalue weighted by Gasteiger charge is -2.11. The van der Waals surface area contributed by atoms with Crippen molar-refractivity contribution in [3.05, 3.63) is 35.5 Å². The molecule has 0 aliphatic rings. The Hall–Kier alpha value is -1.88. The third-order valence-electron chi connectivity index (χ3n) is 2.58. The molecule has 110 valence electrons. The lowest BCUT2D eigenvalue weighted by molar-refractivity contribution is 0.0696. The van der Waals surface area contributed by atoms with E-state index in [1.54, 1.807) is 6.07 Å². The second-order valence-corrected chi connectivity index (χ2v) is 5.06. The standard InChI is InChI=1S/C15H22N2O3/c1-10(2)9-20-6-5-16-14-8-12(15(18)19)7-13(17-14)11(3)4/h7-8,11H,1,5-6,9H2,2-4H3,(H,16,17)(H,18,19). The van der Waals surface area contributed by atoms with Crippen molar-refractivity contribution in [2.75, 3.05) is 25.1 Å². The molecule has 0 aromatic carbocycles. The summed E-state index contributed by atoms with van der Waals surface area (Å²) < 4.78 is 5.37. The number of hydrogen-bond acceptors (Lipinski definition) is 4. The average molecular weight is 278 g/mol. The first-order chi connectivity index (χ1) is 9.40. The van der Waals surface area contributed by atoms with Gasteiger partial charge in [0.1, 0.15) is 5.82 Å². The maximum atomic E-state index is 11.1. The van der Waals surface area contributed by atoms with Crippen molar-refractivity contribution in [1.29, 1.82) is 0 Å². The number of hydrogen-bond donors (Lipinski definition) is 2. The molecule has 5 heteroatoms. The van der Waals surface area contributed by atoms with Gasteiger partial charge in [-0.05, 0) is 25.0 Å². The van der Waals surface area contributed by atoms with Gasteiger partial charge in [-0.1, -0.05) is 26.0 Å². The van der Waals surface area contributed by atoms with Crippen molar-refractivity contribution < 1.29 is 14.6 Å². The molecule has 0 spiro atoms. The molecule has 0 saturated carbocycles. The molecule has 2 N–H and O–H groups in total. The molecule has 0 saturated heterocycles. The molecule has 20 heavy (non-hydrogen) atoms. The van der Waals surface area contributed by atoms with E-state index >= 15 is 0 Å². The van der Waals surface area contributed by atoms with Crippen LogP contribution in [0.2, 0.25) is 0 Å². The van der Waals surface area contributed by atoms with Crippen LogP contribution in [0.1, 0.15) is 42.7 Å². The summed E-state index contributed by atoms with van der Waals surface area (Å²) in [4.78, 5) is 15.5. The summed E-state index contributed by atoms with van der Waals surface area (Å²) in [5, 5.41) is 12.2. The first-order valence-corrected chi connectivity index (χ1v) is 6.61. The van der Waals surface area contributed by atoms with Crippen molar-refractivity contribution >= 4 is 11.8 Å². The summed E-state index contributed by atoms with van der Waals surface area (Å²) in [6.45, 7) is 11.2. The summed E-state index contributed by atoms with van der Waals surface area (Å²) >= 11 is 0. The quantitative estimate of drug-likeness (QED) is 0.565. The molecule has 1 aromatic heterocycles. The summed E-state index contributed by atoms with van der Waals surface area (Å²) in [5.41, 5.74) is 1.97. The van der Waals surface area contributed by atoms with Gasteiger partial charge in [0.2, 0.25) is 0 Å². The van der Waals surface area contributed by atoms with E-state index in [-0.39, 0.29) is 11.5 Å². The van der Waals surface area contributed by atoms with Crippen molar-refractivity contribution in [3.8, 4) is 0 Å². The lowest BCUT2D eigenvalue weighted by atomic mass is 10.1. The highest BCUT2D eigenvalue weighted by atomic mass is 16.5. The Morgan fingerprint density at radius 1 is 1.50 bits per heavy atom. The molecule has 1 heterocycles. The summed E-state index contributed by atoms with van der Waals surface area (Å²) in [6, 6.07) is 3.14. The Bertz CT molecular complexity index is 484. The van der Waals surface area contributed by atoms with Gasteiger partial charge in [0.15, 0.2) is 0 Å². The number of rotatable bonds is 8. The molecule has 0 aliphatic carbocycles. The predicted octanol–water partition coefficient (Wildman–Crippen LogP) is 2.91. The summed E-state index contributed by atoms with van der Waals surface area (Å²) in [7, 11) is 0. The second kappa shape index (κ2) is 7.65. The number of anilines is 1. The zero-order chi connectivity index (χ0) is 15.1. The van der Waals surface area contributed by atoms with Crippen LogP contribution in [0.3, 0.4) is 0 Å². The van der Waals surface area contributed by atoms with E-state index in [2.05, 4.69) is 16.9 Å². The minimum Gasteiger partial charge on any atom is -0.478 e. The molecule has 0 radical (unpaired) electrons. The monoisotopic (exact) mass is 278 g/mol. The minimum atomic E-state index is -0.948. The van der Waals surface area contributed by atoms with Crippen LogP contribution < -0.4 is 5.32 Å². The van der Waals surface area contributed by atoms with Crippen LogP contribution in [0.5, 0.6) is 0 Å². The van der Waals surface area contributed by atoms with Gasteiger partial charge in [-0.15, -0.1) is 0 Å². The molecule has 0 fully saturated rings. The number of carboxylic acids is 1. The van der Waals surface area contributed by atoms with Crippen molar-refractivity contribution in [1.82, 2.24) is 4.98 Å². The summed E-state index contributed by atoms with van der Waals surface area (Å²) in [6.07, 6.45) is 0.